The van der Waals surface area contributed by atoms with Crippen molar-refractivity contribution in [2.24, 2.45) is 0 Å². The lowest BCUT2D eigenvalue weighted by Gasteiger charge is -2.10. The van der Waals surface area contributed by atoms with Crippen molar-refractivity contribution in [2.45, 2.75) is 26.0 Å². The number of benzene rings is 1. The first-order valence-electron chi connectivity index (χ1n) is 6.44. The zero-order valence-electron chi connectivity index (χ0n) is 12.2. The zero-order chi connectivity index (χ0) is 15.9. The minimum absolute atomic E-state index is 0.223. The summed E-state index contributed by atoms with van der Waals surface area (Å²) >= 11 is 0. The first-order chi connectivity index (χ1) is 9.84. The third-order valence-corrected chi connectivity index (χ3v) is 3.97. The third-order valence-electron chi connectivity index (χ3n) is 2.74. The van der Waals surface area contributed by atoms with E-state index in [0.717, 1.165) is 11.1 Å². The van der Waals surface area contributed by atoms with Gasteiger partial charge in [-0.25, -0.2) is 8.42 Å². The van der Waals surface area contributed by atoms with Gasteiger partial charge in [0, 0.05) is 6.42 Å². The van der Waals surface area contributed by atoms with Crippen molar-refractivity contribution in [3.8, 4) is 12.3 Å². The fourth-order valence-electron chi connectivity index (χ4n) is 1.70. The molecule has 1 N–H and O–H groups in total. The lowest BCUT2D eigenvalue weighted by molar-refractivity contribution is -0.123. The largest absolute Gasteiger partial charge is 0.371 e. The molecule has 21 heavy (non-hydrogen) atoms. The summed E-state index contributed by atoms with van der Waals surface area (Å²) in [7, 11) is -3.74. The Bertz CT molecular complexity index is 644. The van der Waals surface area contributed by atoms with Crippen LogP contribution in [0.2, 0.25) is 0 Å². The molecule has 0 spiro atoms. The summed E-state index contributed by atoms with van der Waals surface area (Å²) in [6.45, 7) is 3.61. The molecule has 0 saturated heterocycles. The van der Waals surface area contributed by atoms with Gasteiger partial charge in [-0.2, -0.15) is 0 Å². The summed E-state index contributed by atoms with van der Waals surface area (Å²) in [5.41, 5.74) is 2.50. The van der Waals surface area contributed by atoms with Gasteiger partial charge in [0.15, 0.2) is 0 Å². The Kier molecular flexibility index (Phi) is 6.40. The highest BCUT2D eigenvalue weighted by Crippen LogP contribution is 2.13. The fraction of sp³-hybridized carbons (Fsp3) is 0.400. The van der Waals surface area contributed by atoms with E-state index in [4.69, 9.17) is 11.2 Å². The Balaban J connectivity index is 2.59. The summed E-state index contributed by atoms with van der Waals surface area (Å²) in [6, 6.07) is 5.55. The number of carbonyl (C=O) groups excluding carboxylic acids is 1. The fourth-order valence-corrected chi connectivity index (χ4v) is 2.89. The molecule has 0 fully saturated rings. The van der Waals surface area contributed by atoms with E-state index in [1.165, 1.54) is 0 Å². The quantitative estimate of drug-likeness (QED) is 0.608. The van der Waals surface area contributed by atoms with Crippen LogP contribution in [0.15, 0.2) is 18.2 Å². The van der Waals surface area contributed by atoms with Crippen LogP contribution in [0.4, 0.5) is 0 Å². The SMILES string of the molecule is C#CCCOCC(=O)NS(=O)(=O)Cc1cc(C)ccc1C. The topological polar surface area (TPSA) is 72.5 Å². The van der Waals surface area contributed by atoms with E-state index < -0.39 is 15.9 Å². The van der Waals surface area contributed by atoms with Crippen molar-refractivity contribution in [3.05, 3.63) is 34.9 Å². The summed E-state index contributed by atoms with van der Waals surface area (Å²) in [5.74, 6) is 1.42. The lowest BCUT2D eigenvalue weighted by atomic mass is 10.1. The van der Waals surface area contributed by atoms with Crippen molar-refractivity contribution in [1.82, 2.24) is 4.72 Å². The molecule has 1 aromatic rings. The molecule has 0 aliphatic carbocycles. The number of sulfonamides is 1. The smallest absolute Gasteiger partial charge is 0.259 e. The highest BCUT2D eigenvalue weighted by molar-refractivity contribution is 7.89. The van der Waals surface area contributed by atoms with Crippen LogP contribution in [-0.4, -0.2) is 27.5 Å². The predicted molar refractivity (Wildman–Crippen MR) is 81.0 cm³/mol. The van der Waals surface area contributed by atoms with Crippen LogP contribution >= 0.6 is 0 Å². The van der Waals surface area contributed by atoms with E-state index >= 15 is 0 Å². The molecule has 0 unspecified atom stereocenters. The molecule has 0 heterocycles. The molecule has 0 aliphatic rings. The Morgan fingerprint density at radius 2 is 2.10 bits per heavy atom. The second-order valence-corrected chi connectivity index (χ2v) is 6.44. The van der Waals surface area contributed by atoms with Crippen molar-refractivity contribution < 1.29 is 17.9 Å². The molecule has 0 bridgehead atoms. The normalized spacial score (nSPS) is 10.9. The average Bonchev–Trinajstić information content (AvgIpc) is 2.38. The molecule has 0 radical (unpaired) electrons. The molecule has 0 atom stereocenters. The Labute approximate surface area is 125 Å². The van der Waals surface area contributed by atoms with Gasteiger partial charge in [0.1, 0.15) is 6.61 Å². The van der Waals surface area contributed by atoms with Crippen LogP contribution in [-0.2, 0) is 25.3 Å². The molecular formula is C15H19NO4S. The van der Waals surface area contributed by atoms with E-state index in [9.17, 15) is 13.2 Å². The number of carbonyl (C=O) groups is 1. The molecule has 0 saturated carbocycles. The predicted octanol–water partition coefficient (Wildman–Crippen LogP) is 1.29. The van der Waals surface area contributed by atoms with Gasteiger partial charge in [0.05, 0.1) is 12.4 Å². The van der Waals surface area contributed by atoms with Crippen LogP contribution in [0.5, 0.6) is 0 Å². The first-order valence-corrected chi connectivity index (χ1v) is 8.10. The van der Waals surface area contributed by atoms with Crippen LogP contribution < -0.4 is 4.72 Å². The van der Waals surface area contributed by atoms with Crippen LogP contribution in [0.25, 0.3) is 0 Å². The van der Waals surface area contributed by atoms with Crippen molar-refractivity contribution in [1.29, 1.82) is 0 Å². The standard InChI is InChI=1S/C15H19NO4S/c1-4-5-8-20-10-15(17)16-21(18,19)11-14-9-12(2)6-7-13(14)3/h1,6-7,9H,5,8,10-11H2,2-3H3,(H,16,17). The zero-order valence-corrected chi connectivity index (χ0v) is 13.0. The third kappa shape index (κ3) is 6.43. The number of terminal acetylenes is 1. The van der Waals surface area contributed by atoms with Crippen LogP contribution in [0, 0.1) is 26.2 Å². The molecule has 0 aliphatic heterocycles. The van der Waals surface area contributed by atoms with E-state index in [1.54, 1.807) is 6.07 Å². The van der Waals surface area contributed by atoms with Gasteiger partial charge < -0.3 is 4.74 Å². The molecule has 1 rings (SSSR count). The summed E-state index contributed by atoms with van der Waals surface area (Å²) in [6.07, 6.45) is 5.41. The van der Waals surface area contributed by atoms with Gasteiger partial charge in [0.2, 0.25) is 10.0 Å². The maximum Gasteiger partial charge on any atom is 0.259 e. The number of ether oxygens (including phenoxy) is 1. The van der Waals surface area contributed by atoms with Gasteiger partial charge in [-0.15, -0.1) is 12.3 Å². The second-order valence-electron chi connectivity index (χ2n) is 4.72. The van der Waals surface area contributed by atoms with Crippen molar-refractivity contribution in [2.75, 3.05) is 13.2 Å². The number of hydrogen-bond donors (Lipinski definition) is 1. The van der Waals surface area contributed by atoms with Crippen molar-refractivity contribution >= 4 is 15.9 Å². The summed E-state index contributed by atoms with van der Waals surface area (Å²) in [4.78, 5) is 11.5. The summed E-state index contributed by atoms with van der Waals surface area (Å²) in [5, 5.41) is 0. The molecule has 6 heteroatoms. The molecule has 1 amide bonds. The Hall–Kier alpha value is -1.84. The molecule has 0 aromatic heterocycles. The lowest BCUT2D eigenvalue weighted by Crippen LogP contribution is -2.34. The number of rotatable bonds is 7. The van der Waals surface area contributed by atoms with Gasteiger partial charge in [-0.05, 0) is 25.0 Å². The average molecular weight is 309 g/mol. The number of nitrogens with one attached hydrogen (secondary N) is 1. The maximum absolute atomic E-state index is 11.9. The van der Waals surface area contributed by atoms with E-state index in [1.807, 2.05) is 30.7 Å². The number of amides is 1. The van der Waals surface area contributed by atoms with Gasteiger partial charge in [-0.1, -0.05) is 23.8 Å². The Morgan fingerprint density at radius 3 is 2.76 bits per heavy atom. The summed E-state index contributed by atoms with van der Waals surface area (Å²) < 4.78 is 30.8. The first kappa shape index (κ1) is 17.2. The van der Waals surface area contributed by atoms with E-state index in [2.05, 4.69) is 5.92 Å². The van der Waals surface area contributed by atoms with E-state index in [0.29, 0.717) is 12.0 Å². The minimum Gasteiger partial charge on any atom is -0.371 e. The molecular weight excluding hydrogens is 290 g/mol. The highest BCUT2D eigenvalue weighted by Gasteiger charge is 2.16. The van der Waals surface area contributed by atoms with Crippen LogP contribution in [0.3, 0.4) is 0 Å². The number of hydrogen-bond acceptors (Lipinski definition) is 4. The van der Waals surface area contributed by atoms with Gasteiger partial charge >= 0.3 is 0 Å². The highest BCUT2D eigenvalue weighted by atomic mass is 32.2. The molecule has 1 aromatic carbocycles. The van der Waals surface area contributed by atoms with Gasteiger partial charge in [-0.3, -0.25) is 9.52 Å². The monoisotopic (exact) mass is 309 g/mol. The number of aryl methyl sites for hydroxylation is 2. The molecule has 114 valence electrons. The van der Waals surface area contributed by atoms with Crippen molar-refractivity contribution in [3.63, 3.8) is 0 Å². The second kappa shape index (κ2) is 7.81. The van der Waals surface area contributed by atoms with E-state index in [-0.39, 0.29) is 19.0 Å². The minimum atomic E-state index is -3.74. The van der Waals surface area contributed by atoms with Crippen LogP contribution in [0.1, 0.15) is 23.1 Å². The Morgan fingerprint density at radius 1 is 1.38 bits per heavy atom. The maximum atomic E-state index is 11.9. The molecule has 5 nitrogen and oxygen atoms in total. The van der Waals surface area contributed by atoms with Gasteiger partial charge in [0.25, 0.3) is 5.91 Å².